The van der Waals surface area contributed by atoms with Crippen molar-refractivity contribution >= 4 is 21.8 Å². The Morgan fingerprint density at radius 2 is 1.56 bits per heavy atom. The fourth-order valence-corrected chi connectivity index (χ4v) is 5.89. The lowest BCUT2D eigenvalue weighted by molar-refractivity contribution is 0.0792. The van der Waals surface area contributed by atoms with Crippen molar-refractivity contribution in [3.63, 3.8) is 0 Å². The first-order valence-corrected chi connectivity index (χ1v) is 12.6. The van der Waals surface area contributed by atoms with Crippen LogP contribution in [0.1, 0.15) is 58.5 Å². The van der Waals surface area contributed by atoms with E-state index in [0.717, 1.165) is 50.8 Å². The molecule has 1 aromatic carbocycles. The molecule has 2 amide bonds. The van der Waals surface area contributed by atoms with Crippen LogP contribution in [0.5, 0.6) is 0 Å². The van der Waals surface area contributed by atoms with Gasteiger partial charge in [-0.25, -0.2) is 8.42 Å². The van der Waals surface area contributed by atoms with Gasteiger partial charge in [-0.05, 0) is 49.4 Å². The van der Waals surface area contributed by atoms with E-state index in [1.165, 1.54) is 16.6 Å². The van der Waals surface area contributed by atoms with Crippen molar-refractivity contribution < 1.29 is 18.0 Å². The molecule has 2 aliphatic rings. The van der Waals surface area contributed by atoms with E-state index < -0.39 is 10.0 Å². The zero-order chi connectivity index (χ0) is 22.7. The number of hydrogen-bond acceptors (Lipinski definition) is 4. The number of aryl methyl sites for hydroxylation is 1. The summed E-state index contributed by atoms with van der Waals surface area (Å²) in [5.74, 6) is -0.297. The maximum Gasteiger partial charge on any atom is 0.268 e. The van der Waals surface area contributed by atoms with Gasteiger partial charge in [-0.15, -0.1) is 0 Å². The lowest BCUT2D eigenvalue weighted by Crippen LogP contribution is -2.35. The molecule has 0 atom stereocenters. The SMILES string of the molecule is Cn1cc(S(=O)(=O)N2CCCCC2)cc1C(=O)NCc1ccc(C(=O)N2CCCC2)cc1. The van der Waals surface area contributed by atoms with Gasteiger partial charge in [0.1, 0.15) is 10.6 Å². The molecule has 0 aliphatic carbocycles. The van der Waals surface area contributed by atoms with E-state index in [1.807, 2.05) is 17.0 Å². The topological polar surface area (TPSA) is 91.7 Å². The summed E-state index contributed by atoms with van der Waals surface area (Å²) in [4.78, 5) is 27.2. The van der Waals surface area contributed by atoms with Crippen LogP contribution in [0.2, 0.25) is 0 Å². The molecule has 2 saturated heterocycles. The molecule has 4 rings (SSSR count). The van der Waals surface area contributed by atoms with E-state index >= 15 is 0 Å². The maximum atomic E-state index is 12.9. The zero-order valence-electron chi connectivity index (χ0n) is 18.4. The van der Waals surface area contributed by atoms with E-state index in [0.29, 0.717) is 24.3 Å². The molecule has 0 unspecified atom stereocenters. The van der Waals surface area contributed by atoms with Crippen molar-refractivity contribution in [1.82, 2.24) is 19.1 Å². The van der Waals surface area contributed by atoms with Gasteiger partial charge in [0.05, 0.1) is 0 Å². The second kappa shape index (κ2) is 9.46. The molecule has 1 N–H and O–H groups in total. The number of sulfonamides is 1. The third-order valence-corrected chi connectivity index (χ3v) is 8.08. The number of aromatic nitrogens is 1. The monoisotopic (exact) mass is 458 g/mol. The molecule has 32 heavy (non-hydrogen) atoms. The lowest BCUT2D eigenvalue weighted by Gasteiger charge is -2.25. The molecule has 2 aromatic rings. The van der Waals surface area contributed by atoms with Crippen molar-refractivity contribution in [2.75, 3.05) is 26.2 Å². The van der Waals surface area contributed by atoms with Crippen LogP contribution in [0.25, 0.3) is 0 Å². The predicted molar refractivity (Wildman–Crippen MR) is 121 cm³/mol. The van der Waals surface area contributed by atoms with Crippen molar-refractivity contribution in [3.8, 4) is 0 Å². The number of nitrogens with one attached hydrogen (secondary N) is 1. The average molecular weight is 459 g/mol. The third kappa shape index (κ3) is 4.73. The van der Waals surface area contributed by atoms with Crippen LogP contribution in [0, 0.1) is 0 Å². The molecule has 2 fully saturated rings. The van der Waals surface area contributed by atoms with Crippen LogP contribution < -0.4 is 5.32 Å². The Kier molecular flexibility index (Phi) is 6.66. The molecule has 1 aromatic heterocycles. The lowest BCUT2D eigenvalue weighted by atomic mass is 10.1. The van der Waals surface area contributed by atoms with E-state index in [9.17, 15) is 18.0 Å². The summed E-state index contributed by atoms with van der Waals surface area (Å²) in [5, 5.41) is 2.84. The molecule has 0 saturated carbocycles. The van der Waals surface area contributed by atoms with Crippen LogP contribution in [0.3, 0.4) is 0 Å². The highest BCUT2D eigenvalue weighted by molar-refractivity contribution is 7.89. The molecule has 2 aliphatic heterocycles. The van der Waals surface area contributed by atoms with Crippen molar-refractivity contribution in [2.24, 2.45) is 7.05 Å². The zero-order valence-corrected chi connectivity index (χ0v) is 19.2. The van der Waals surface area contributed by atoms with Crippen molar-refractivity contribution in [3.05, 3.63) is 53.3 Å². The number of hydrogen-bond donors (Lipinski definition) is 1. The first-order chi connectivity index (χ1) is 15.4. The summed E-state index contributed by atoms with van der Waals surface area (Å²) < 4.78 is 28.8. The molecular weight excluding hydrogens is 428 g/mol. The number of nitrogens with zero attached hydrogens (tertiary/aromatic N) is 3. The van der Waals surface area contributed by atoms with Gasteiger partial charge in [0.2, 0.25) is 10.0 Å². The van der Waals surface area contributed by atoms with Crippen LogP contribution in [0.4, 0.5) is 0 Å². The largest absolute Gasteiger partial charge is 0.347 e. The van der Waals surface area contributed by atoms with Crippen molar-refractivity contribution in [1.29, 1.82) is 0 Å². The number of carbonyl (C=O) groups excluding carboxylic acids is 2. The highest BCUT2D eigenvalue weighted by atomic mass is 32.2. The second-order valence-corrected chi connectivity index (χ2v) is 10.5. The molecule has 3 heterocycles. The number of likely N-dealkylation sites (tertiary alicyclic amines) is 1. The Hall–Kier alpha value is -2.65. The quantitative estimate of drug-likeness (QED) is 0.719. The molecular formula is C23H30N4O4S. The summed E-state index contributed by atoms with van der Waals surface area (Å²) in [7, 11) is -1.92. The van der Waals surface area contributed by atoms with Gasteiger partial charge < -0.3 is 14.8 Å². The number of piperidine rings is 1. The standard InChI is InChI=1S/C23H30N4O4S/c1-25-17-20(32(30,31)27-13-3-2-4-14-27)15-21(25)22(28)24-16-18-7-9-19(10-8-18)23(29)26-11-5-6-12-26/h7-10,15,17H,2-6,11-14,16H2,1H3,(H,24,28). The summed E-state index contributed by atoms with van der Waals surface area (Å²) in [5.41, 5.74) is 1.81. The minimum absolute atomic E-state index is 0.0457. The summed E-state index contributed by atoms with van der Waals surface area (Å²) in [6, 6.07) is 8.68. The molecule has 0 bridgehead atoms. The van der Waals surface area contributed by atoms with Crippen LogP contribution >= 0.6 is 0 Å². The van der Waals surface area contributed by atoms with Crippen LogP contribution in [0.15, 0.2) is 41.4 Å². The normalized spacial score (nSPS) is 17.5. The highest BCUT2D eigenvalue weighted by Crippen LogP contribution is 2.22. The Morgan fingerprint density at radius 1 is 0.938 bits per heavy atom. The first kappa shape index (κ1) is 22.5. The maximum absolute atomic E-state index is 12.9. The van der Waals surface area contributed by atoms with Gasteiger partial charge in [-0.1, -0.05) is 18.6 Å². The van der Waals surface area contributed by atoms with Crippen LogP contribution in [-0.2, 0) is 23.6 Å². The molecule has 9 heteroatoms. The van der Waals surface area contributed by atoms with Gasteiger partial charge in [-0.3, -0.25) is 9.59 Å². The van der Waals surface area contributed by atoms with Gasteiger partial charge in [0.25, 0.3) is 11.8 Å². The Labute approximate surface area is 189 Å². The molecule has 8 nitrogen and oxygen atoms in total. The minimum Gasteiger partial charge on any atom is -0.347 e. The van der Waals surface area contributed by atoms with E-state index in [1.54, 1.807) is 23.7 Å². The number of amides is 2. The third-order valence-electron chi connectivity index (χ3n) is 6.21. The van der Waals surface area contributed by atoms with E-state index in [4.69, 9.17) is 0 Å². The van der Waals surface area contributed by atoms with Crippen molar-refractivity contribution in [2.45, 2.75) is 43.5 Å². The van der Waals surface area contributed by atoms with E-state index in [2.05, 4.69) is 5.32 Å². The Bertz CT molecular complexity index is 1080. The molecule has 0 spiro atoms. The van der Waals surface area contributed by atoms with E-state index in [-0.39, 0.29) is 23.3 Å². The Balaban J connectivity index is 1.38. The van der Waals surface area contributed by atoms with Crippen LogP contribution in [-0.4, -0.2) is 60.2 Å². The summed E-state index contributed by atoms with van der Waals surface area (Å²) in [6.45, 7) is 2.95. The fraction of sp³-hybridized carbons (Fsp3) is 0.478. The van der Waals surface area contributed by atoms with Gasteiger partial charge in [0.15, 0.2) is 0 Å². The number of benzene rings is 1. The highest BCUT2D eigenvalue weighted by Gasteiger charge is 2.28. The second-order valence-electron chi connectivity index (χ2n) is 8.52. The van der Waals surface area contributed by atoms with Gasteiger partial charge in [0, 0.05) is 51.5 Å². The smallest absolute Gasteiger partial charge is 0.268 e. The van der Waals surface area contributed by atoms with Gasteiger partial charge >= 0.3 is 0 Å². The average Bonchev–Trinajstić information content (AvgIpc) is 3.48. The number of rotatable bonds is 6. The summed E-state index contributed by atoms with van der Waals surface area (Å²) >= 11 is 0. The molecule has 172 valence electrons. The Morgan fingerprint density at radius 3 is 2.22 bits per heavy atom. The first-order valence-electron chi connectivity index (χ1n) is 11.2. The fourth-order valence-electron chi connectivity index (χ4n) is 4.30. The summed E-state index contributed by atoms with van der Waals surface area (Å²) in [6.07, 6.45) is 6.37. The van der Waals surface area contributed by atoms with Gasteiger partial charge in [-0.2, -0.15) is 4.31 Å². The minimum atomic E-state index is -3.59. The molecule has 0 radical (unpaired) electrons. The predicted octanol–water partition coefficient (Wildman–Crippen LogP) is 2.37. The number of carbonyl (C=O) groups is 2.